The summed E-state index contributed by atoms with van der Waals surface area (Å²) in [6.45, 7) is 4.62. The van der Waals surface area contributed by atoms with Crippen LogP contribution >= 0.6 is 11.6 Å². The molecule has 1 atom stereocenters. The van der Waals surface area contributed by atoms with Crippen molar-refractivity contribution in [1.29, 1.82) is 0 Å². The number of rotatable bonds is 6. The number of nitrogens with zero attached hydrogens (tertiary/aromatic N) is 4. The maximum Gasteiger partial charge on any atom is 0.263 e. The van der Waals surface area contributed by atoms with E-state index in [1.54, 1.807) is 25.1 Å². The van der Waals surface area contributed by atoms with E-state index in [2.05, 4.69) is 27.2 Å². The maximum atomic E-state index is 12.8. The summed E-state index contributed by atoms with van der Waals surface area (Å²) >= 11 is 6.00. The van der Waals surface area contributed by atoms with Crippen LogP contribution in [-0.4, -0.2) is 53.2 Å². The van der Waals surface area contributed by atoms with Gasteiger partial charge < -0.3 is 19.1 Å². The third-order valence-corrected chi connectivity index (χ3v) is 6.14. The molecule has 7 nitrogen and oxygen atoms in total. The Morgan fingerprint density at radius 1 is 1.12 bits per heavy atom. The molecule has 2 fully saturated rings. The summed E-state index contributed by atoms with van der Waals surface area (Å²) in [7, 11) is 0. The average molecular weight is 453 g/mol. The molecule has 166 valence electrons. The van der Waals surface area contributed by atoms with Gasteiger partial charge in [0, 0.05) is 48.4 Å². The molecule has 1 aliphatic heterocycles. The molecule has 32 heavy (non-hydrogen) atoms. The molecule has 8 heteroatoms. The van der Waals surface area contributed by atoms with Gasteiger partial charge in [-0.15, -0.1) is 0 Å². The molecule has 0 N–H and O–H groups in total. The highest BCUT2D eigenvalue weighted by molar-refractivity contribution is 6.30. The Labute approximate surface area is 191 Å². The van der Waals surface area contributed by atoms with Gasteiger partial charge in [0.2, 0.25) is 11.7 Å². The van der Waals surface area contributed by atoms with Crippen LogP contribution in [0.2, 0.25) is 5.02 Å². The van der Waals surface area contributed by atoms with Gasteiger partial charge in [-0.05, 0) is 62.2 Å². The predicted octanol–water partition coefficient (Wildman–Crippen LogP) is 4.38. The topological polar surface area (TPSA) is 71.7 Å². The van der Waals surface area contributed by atoms with Crippen molar-refractivity contribution in [2.24, 2.45) is 0 Å². The van der Waals surface area contributed by atoms with Crippen molar-refractivity contribution in [3.05, 3.63) is 59.4 Å². The lowest BCUT2D eigenvalue weighted by Gasteiger charge is -2.37. The first-order valence-electron chi connectivity index (χ1n) is 11.0. The first-order chi connectivity index (χ1) is 15.6. The SMILES string of the molecule is CC(Oc1cccc(Cl)c1)C(=O)N1CCN(c2ccc(-c3noc(C4CC4)n3)cc2)CC1. The molecular formula is C24H25ClN4O3. The first-order valence-corrected chi connectivity index (χ1v) is 11.3. The molecule has 3 aromatic rings. The Morgan fingerprint density at radius 2 is 1.88 bits per heavy atom. The smallest absolute Gasteiger partial charge is 0.263 e. The van der Waals surface area contributed by atoms with Crippen molar-refractivity contribution in [3.8, 4) is 17.1 Å². The van der Waals surface area contributed by atoms with E-state index < -0.39 is 6.10 Å². The third-order valence-electron chi connectivity index (χ3n) is 5.91. The van der Waals surface area contributed by atoms with Gasteiger partial charge in [-0.2, -0.15) is 4.98 Å². The molecule has 1 unspecified atom stereocenters. The third kappa shape index (κ3) is 4.58. The molecule has 1 aromatic heterocycles. The lowest BCUT2D eigenvalue weighted by Crippen LogP contribution is -2.52. The predicted molar refractivity (Wildman–Crippen MR) is 122 cm³/mol. The number of hydrogen-bond acceptors (Lipinski definition) is 6. The summed E-state index contributed by atoms with van der Waals surface area (Å²) in [6.07, 6.45) is 1.72. The minimum absolute atomic E-state index is 0.0106. The maximum absolute atomic E-state index is 12.8. The molecule has 1 saturated carbocycles. The number of anilines is 1. The number of aromatic nitrogens is 2. The Morgan fingerprint density at radius 3 is 2.56 bits per heavy atom. The van der Waals surface area contributed by atoms with Gasteiger partial charge in [0.25, 0.3) is 5.91 Å². The van der Waals surface area contributed by atoms with Crippen molar-refractivity contribution in [2.75, 3.05) is 31.1 Å². The number of hydrogen-bond donors (Lipinski definition) is 0. The van der Waals surface area contributed by atoms with Gasteiger partial charge in [0.05, 0.1) is 0 Å². The summed E-state index contributed by atoms with van der Waals surface area (Å²) in [4.78, 5) is 21.5. The van der Waals surface area contributed by atoms with Crippen LogP contribution in [-0.2, 0) is 4.79 Å². The van der Waals surface area contributed by atoms with E-state index in [1.807, 2.05) is 23.1 Å². The van der Waals surface area contributed by atoms with Gasteiger partial charge >= 0.3 is 0 Å². The molecule has 2 aromatic carbocycles. The minimum Gasteiger partial charge on any atom is -0.481 e. The number of piperazine rings is 1. The fourth-order valence-corrected chi connectivity index (χ4v) is 4.09. The second-order valence-corrected chi connectivity index (χ2v) is 8.74. The molecule has 1 saturated heterocycles. The highest BCUT2D eigenvalue weighted by Gasteiger charge is 2.30. The van der Waals surface area contributed by atoms with E-state index in [-0.39, 0.29) is 5.91 Å². The zero-order chi connectivity index (χ0) is 22.1. The fraction of sp³-hybridized carbons (Fsp3) is 0.375. The van der Waals surface area contributed by atoms with Crippen LogP contribution in [0.25, 0.3) is 11.4 Å². The lowest BCUT2D eigenvalue weighted by molar-refractivity contribution is -0.138. The highest BCUT2D eigenvalue weighted by atomic mass is 35.5. The number of benzene rings is 2. The molecule has 5 rings (SSSR count). The minimum atomic E-state index is -0.560. The van der Waals surface area contributed by atoms with E-state index in [0.717, 1.165) is 43.1 Å². The van der Waals surface area contributed by atoms with Crippen LogP contribution in [0.1, 0.15) is 31.6 Å². The Hall–Kier alpha value is -3.06. The molecule has 0 spiro atoms. The zero-order valence-corrected chi connectivity index (χ0v) is 18.7. The summed E-state index contributed by atoms with van der Waals surface area (Å²) < 4.78 is 11.1. The van der Waals surface area contributed by atoms with Crippen LogP contribution in [0.15, 0.2) is 53.1 Å². The van der Waals surface area contributed by atoms with Crippen molar-refractivity contribution in [1.82, 2.24) is 15.0 Å². The first kappa shape index (κ1) is 20.8. The molecule has 0 bridgehead atoms. The summed E-state index contributed by atoms with van der Waals surface area (Å²) in [5, 5.41) is 4.69. The number of carbonyl (C=O) groups excluding carboxylic acids is 1. The van der Waals surface area contributed by atoms with Crippen molar-refractivity contribution < 1.29 is 14.1 Å². The quantitative estimate of drug-likeness (QED) is 0.552. The van der Waals surface area contributed by atoms with E-state index in [4.69, 9.17) is 20.9 Å². The van der Waals surface area contributed by atoms with E-state index >= 15 is 0 Å². The second kappa shape index (κ2) is 8.82. The van der Waals surface area contributed by atoms with Crippen LogP contribution in [0.4, 0.5) is 5.69 Å². The molecular weight excluding hydrogens is 428 g/mol. The molecule has 2 heterocycles. The van der Waals surface area contributed by atoms with Gasteiger partial charge in [-0.3, -0.25) is 4.79 Å². The summed E-state index contributed by atoms with van der Waals surface area (Å²) in [5.41, 5.74) is 2.07. The fourth-order valence-electron chi connectivity index (χ4n) is 3.91. The molecule has 0 radical (unpaired) electrons. The number of amides is 1. The number of carbonyl (C=O) groups is 1. The Bertz CT molecular complexity index is 1090. The second-order valence-electron chi connectivity index (χ2n) is 8.31. The van der Waals surface area contributed by atoms with Crippen molar-refractivity contribution >= 4 is 23.2 Å². The van der Waals surface area contributed by atoms with Gasteiger partial charge in [-0.25, -0.2) is 0 Å². The van der Waals surface area contributed by atoms with E-state index in [1.165, 1.54) is 0 Å². The van der Waals surface area contributed by atoms with Crippen LogP contribution in [0.3, 0.4) is 0 Å². The molecule has 2 aliphatic rings. The summed E-state index contributed by atoms with van der Waals surface area (Å²) in [5.74, 6) is 2.43. The molecule has 1 aliphatic carbocycles. The monoisotopic (exact) mass is 452 g/mol. The van der Waals surface area contributed by atoms with Crippen molar-refractivity contribution in [3.63, 3.8) is 0 Å². The van der Waals surface area contributed by atoms with Gasteiger partial charge in [0.15, 0.2) is 6.10 Å². The summed E-state index contributed by atoms with van der Waals surface area (Å²) in [6, 6.07) is 15.3. The average Bonchev–Trinajstić information content (AvgIpc) is 3.55. The zero-order valence-electron chi connectivity index (χ0n) is 17.9. The molecule has 1 amide bonds. The number of halogens is 1. The van der Waals surface area contributed by atoms with Crippen LogP contribution in [0, 0.1) is 0 Å². The van der Waals surface area contributed by atoms with Crippen LogP contribution < -0.4 is 9.64 Å². The largest absolute Gasteiger partial charge is 0.481 e. The van der Waals surface area contributed by atoms with Gasteiger partial charge in [-0.1, -0.05) is 22.8 Å². The standard InChI is InChI=1S/C24H25ClN4O3/c1-16(31-21-4-2-3-19(25)15-21)24(30)29-13-11-28(12-14-29)20-9-7-17(8-10-20)22-26-23(32-27-22)18-5-6-18/h2-4,7-10,15-16,18H,5-6,11-14H2,1H3. The lowest BCUT2D eigenvalue weighted by atomic mass is 10.1. The number of ether oxygens (including phenoxy) is 1. The van der Waals surface area contributed by atoms with Crippen LogP contribution in [0.5, 0.6) is 5.75 Å². The van der Waals surface area contributed by atoms with E-state index in [0.29, 0.717) is 35.6 Å². The van der Waals surface area contributed by atoms with E-state index in [9.17, 15) is 4.79 Å². The highest BCUT2D eigenvalue weighted by Crippen LogP contribution is 2.39. The normalized spacial score (nSPS) is 17.3. The Kier molecular flexibility index (Phi) is 5.74. The van der Waals surface area contributed by atoms with Gasteiger partial charge in [0.1, 0.15) is 5.75 Å². The Balaban J connectivity index is 1.15. The van der Waals surface area contributed by atoms with Crippen molar-refractivity contribution in [2.45, 2.75) is 31.8 Å².